The Morgan fingerprint density at radius 3 is 2.32 bits per heavy atom. The minimum absolute atomic E-state index is 0.141. The first-order chi connectivity index (χ1) is 8.66. The van der Waals surface area contributed by atoms with E-state index in [1.165, 1.54) is 0 Å². The van der Waals surface area contributed by atoms with Crippen LogP contribution in [0.1, 0.15) is 52.9 Å². The molecular formula is C12H21NO5S. The van der Waals surface area contributed by atoms with Crippen LogP contribution in [-0.2, 0) is 19.2 Å². The lowest BCUT2D eigenvalue weighted by molar-refractivity contribution is 0.00801. The SMILES string of the molecule is CC(C)(C)OC(=O)N1C2(CCCC2)CCOS1(=O)=O. The van der Waals surface area contributed by atoms with E-state index in [1.54, 1.807) is 20.8 Å². The van der Waals surface area contributed by atoms with Crippen LogP contribution in [0.4, 0.5) is 4.79 Å². The number of carbonyl (C=O) groups is 1. The predicted molar refractivity (Wildman–Crippen MR) is 68.8 cm³/mol. The molecule has 2 rings (SSSR count). The monoisotopic (exact) mass is 291 g/mol. The normalized spacial score (nSPS) is 25.5. The molecule has 2 aliphatic rings. The summed E-state index contributed by atoms with van der Waals surface area (Å²) >= 11 is 0. The molecule has 1 saturated heterocycles. The fourth-order valence-electron chi connectivity index (χ4n) is 2.80. The molecule has 0 atom stereocenters. The molecular weight excluding hydrogens is 270 g/mol. The fraction of sp³-hybridized carbons (Fsp3) is 0.917. The van der Waals surface area contributed by atoms with Gasteiger partial charge in [0.15, 0.2) is 0 Å². The fourth-order valence-corrected chi connectivity index (χ4v) is 4.17. The van der Waals surface area contributed by atoms with E-state index in [0.717, 1.165) is 17.1 Å². The van der Waals surface area contributed by atoms with Crippen molar-refractivity contribution in [2.75, 3.05) is 6.61 Å². The summed E-state index contributed by atoms with van der Waals surface area (Å²) in [5.74, 6) is 0. The summed E-state index contributed by atoms with van der Waals surface area (Å²) in [6.07, 6.45) is 2.95. The Balaban J connectivity index is 2.32. The standard InChI is InChI=1S/C12H21NO5S/c1-11(2,3)18-10(14)13-12(6-4-5-7-12)8-9-17-19(13,15)16/h4-9H2,1-3H3. The van der Waals surface area contributed by atoms with Crippen molar-refractivity contribution in [1.29, 1.82) is 0 Å². The van der Waals surface area contributed by atoms with Crippen molar-refractivity contribution in [1.82, 2.24) is 4.31 Å². The van der Waals surface area contributed by atoms with Gasteiger partial charge in [0.25, 0.3) is 0 Å². The van der Waals surface area contributed by atoms with Crippen LogP contribution in [0.25, 0.3) is 0 Å². The van der Waals surface area contributed by atoms with Crippen LogP contribution >= 0.6 is 0 Å². The Bertz CT molecular complexity index is 459. The van der Waals surface area contributed by atoms with Gasteiger partial charge >= 0.3 is 16.4 Å². The minimum Gasteiger partial charge on any atom is -0.443 e. The maximum Gasteiger partial charge on any atom is 0.426 e. The van der Waals surface area contributed by atoms with Gasteiger partial charge in [0.2, 0.25) is 0 Å². The molecule has 6 nitrogen and oxygen atoms in total. The molecule has 7 heteroatoms. The Labute approximate surface area is 114 Å². The van der Waals surface area contributed by atoms with Crippen LogP contribution < -0.4 is 0 Å². The van der Waals surface area contributed by atoms with Crippen molar-refractivity contribution in [2.45, 2.75) is 64.0 Å². The van der Waals surface area contributed by atoms with Crippen LogP contribution in [0.15, 0.2) is 0 Å². The van der Waals surface area contributed by atoms with Crippen molar-refractivity contribution < 1.29 is 22.1 Å². The first-order valence-corrected chi connectivity index (χ1v) is 7.96. The lowest BCUT2D eigenvalue weighted by atomic mass is 9.94. The molecule has 0 N–H and O–H groups in total. The van der Waals surface area contributed by atoms with Crippen molar-refractivity contribution in [2.24, 2.45) is 0 Å². The van der Waals surface area contributed by atoms with E-state index in [2.05, 4.69) is 0 Å². The molecule has 0 aromatic rings. The third-order valence-electron chi connectivity index (χ3n) is 3.55. The molecule has 2 fully saturated rings. The summed E-state index contributed by atoms with van der Waals surface area (Å²) in [6.45, 7) is 5.28. The van der Waals surface area contributed by atoms with Crippen LogP contribution in [-0.4, -0.2) is 36.6 Å². The lowest BCUT2D eigenvalue weighted by Gasteiger charge is -2.42. The highest BCUT2D eigenvalue weighted by atomic mass is 32.2. The van der Waals surface area contributed by atoms with E-state index in [-0.39, 0.29) is 6.61 Å². The van der Waals surface area contributed by atoms with Gasteiger partial charge in [0.1, 0.15) is 5.60 Å². The summed E-state index contributed by atoms with van der Waals surface area (Å²) < 4.78 is 35.0. The third-order valence-corrected chi connectivity index (χ3v) is 5.00. The first kappa shape index (κ1) is 14.6. The molecule has 1 spiro atoms. The second-order valence-electron chi connectivity index (χ2n) is 6.21. The second-order valence-corrected chi connectivity index (χ2v) is 7.66. The highest BCUT2D eigenvalue weighted by Crippen LogP contribution is 2.43. The van der Waals surface area contributed by atoms with Crippen molar-refractivity contribution >= 4 is 16.4 Å². The number of amides is 1. The Morgan fingerprint density at radius 1 is 1.21 bits per heavy atom. The average molecular weight is 291 g/mol. The topological polar surface area (TPSA) is 72.9 Å². The molecule has 0 unspecified atom stereocenters. The minimum atomic E-state index is -4.03. The summed E-state index contributed by atoms with van der Waals surface area (Å²) in [5.41, 5.74) is -1.37. The smallest absolute Gasteiger partial charge is 0.426 e. The van der Waals surface area contributed by atoms with Gasteiger partial charge in [0, 0.05) is 0 Å². The Kier molecular flexibility index (Phi) is 3.55. The molecule has 0 aromatic heterocycles. The Hall–Kier alpha value is -0.820. The summed E-state index contributed by atoms with van der Waals surface area (Å²) in [7, 11) is -4.03. The molecule has 1 heterocycles. The first-order valence-electron chi connectivity index (χ1n) is 6.59. The van der Waals surface area contributed by atoms with Gasteiger partial charge in [0.05, 0.1) is 12.1 Å². The van der Waals surface area contributed by atoms with Crippen LogP contribution in [0, 0.1) is 0 Å². The number of nitrogens with zero attached hydrogens (tertiary/aromatic N) is 1. The number of ether oxygens (including phenoxy) is 1. The number of hydrogen-bond donors (Lipinski definition) is 0. The highest BCUT2D eigenvalue weighted by molar-refractivity contribution is 7.85. The maximum absolute atomic E-state index is 12.2. The van der Waals surface area contributed by atoms with E-state index >= 15 is 0 Å². The molecule has 1 aliphatic carbocycles. The van der Waals surface area contributed by atoms with Gasteiger partial charge in [-0.25, -0.2) is 4.79 Å². The van der Waals surface area contributed by atoms with Gasteiger partial charge in [-0.1, -0.05) is 12.8 Å². The summed E-state index contributed by atoms with van der Waals surface area (Å²) in [4.78, 5) is 12.2. The van der Waals surface area contributed by atoms with Crippen LogP contribution in [0.2, 0.25) is 0 Å². The summed E-state index contributed by atoms with van der Waals surface area (Å²) in [5, 5.41) is 0. The largest absolute Gasteiger partial charge is 0.443 e. The van der Waals surface area contributed by atoms with E-state index in [9.17, 15) is 13.2 Å². The Morgan fingerprint density at radius 2 is 1.79 bits per heavy atom. The molecule has 1 saturated carbocycles. The molecule has 0 radical (unpaired) electrons. The van der Waals surface area contributed by atoms with E-state index in [1.807, 2.05) is 0 Å². The number of carbonyl (C=O) groups excluding carboxylic acids is 1. The molecule has 1 amide bonds. The molecule has 19 heavy (non-hydrogen) atoms. The third kappa shape index (κ3) is 2.86. The predicted octanol–water partition coefficient (Wildman–Crippen LogP) is 2.20. The zero-order chi connectivity index (χ0) is 14.3. The van der Waals surface area contributed by atoms with Gasteiger partial charge in [-0.3, -0.25) is 4.18 Å². The quantitative estimate of drug-likeness (QED) is 0.684. The second kappa shape index (κ2) is 4.63. The maximum atomic E-state index is 12.2. The number of rotatable bonds is 0. The van der Waals surface area contributed by atoms with Gasteiger partial charge < -0.3 is 4.74 Å². The molecule has 0 bridgehead atoms. The van der Waals surface area contributed by atoms with Gasteiger partial charge in [-0.15, -0.1) is 0 Å². The molecule has 1 aliphatic heterocycles. The number of hydrogen-bond acceptors (Lipinski definition) is 5. The van der Waals surface area contributed by atoms with Crippen molar-refractivity contribution in [3.05, 3.63) is 0 Å². The summed E-state index contributed by atoms with van der Waals surface area (Å²) in [6, 6.07) is 0. The molecule has 0 aromatic carbocycles. The van der Waals surface area contributed by atoms with Crippen molar-refractivity contribution in [3.63, 3.8) is 0 Å². The van der Waals surface area contributed by atoms with Crippen LogP contribution in [0.5, 0.6) is 0 Å². The highest BCUT2D eigenvalue weighted by Gasteiger charge is 2.53. The van der Waals surface area contributed by atoms with Crippen molar-refractivity contribution in [3.8, 4) is 0 Å². The molecule has 110 valence electrons. The van der Waals surface area contributed by atoms with Crippen LogP contribution in [0.3, 0.4) is 0 Å². The zero-order valence-corrected chi connectivity index (χ0v) is 12.5. The average Bonchev–Trinajstić information content (AvgIpc) is 2.62. The zero-order valence-electron chi connectivity index (χ0n) is 11.6. The lowest BCUT2D eigenvalue weighted by Crippen LogP contribution is -2.58. The van der Waals surface area contributed by atoms with Gasteiger partial charge in [-0.05, 0) is 40.0 Å². The van der Waals surface area contributed by atoms with E-state index in [0.29, 0.717) is 19.3 Å². The van der Waals surface area contributed by atoms with E-state index in [4.69, 9.17) is 8.92 Å². The van der Waals surface area contributed by atoms with E-state index < -0.39 is 27.5 Å². The van der Waals surface area contributed by atoms with Gasteiger partial charge in [-0.2, -0.15) is 12.7 Å².